The Balaban J connectivity index is 2.11. The topological polar surface area (TPSA) is 53.8 Å². The highest BCUT2D eigenvalue weighted by atomic mass is 79.9. The summed E-state index contributed by atoms with van der Waals surface area (Å²) in [6, 6.07) is 5.81. The number of hydrogen-bond donors (Lipinski definition) is 3. The normalized spacial score (nSPS) is 11.2. The second kappa shape index (κ2) is 6.99. The van der Waals surface area contributed by atoms with E-state index in [1.165, 1.54) is 0 Å². The van der Waals surface area contributed by atoms with Gasteiger partial charge in [0, 0.05) is 27.7 Å². The van der Waals surface area contributed by atoms with Crippen molar-refractivity contribution < 1.29 is 0 Å². The second-order valence-electron chi connectivity index (χ2n) is 4.71. The van der Waals surface area contributed by atoms with Gasteiger partial charge in [-0.25, -0.2) is 0 Å². The summed E-state index contributed by atoms with van der Waals surface area (Å²) in [7, 11) is 0. The molecule has 120 valence electrons. The number of anilines is 3. The van der Waals surface area contributed by atoms with Gasteiger partial charge in [0.15, 0.2) is 0 Å². The van der Waals surface area contributed by atoms with Gasteiger partial charge in [-0.05, 0) is 114 Å². The van der Waals surface area contributed by atoms with Crippen molar-refractivity contribution in [1.82, 2.24) is 4.98 Å². The first-order valence-electron chi connectivity index (χ1n) is 6.15. The van der Waals surface area contributed by atoms with Crippen LogP contribution in [0, 0.1) is 0 Å². The number of H-pyrrole nitrogens is 1. The minimum atomic E-state index is 0.652. The van der Waals surface area contributed by atoms with Crippen LogP contribution in [-0.4, -0.2) is 4.98 Å². The first kappa shape index (κ1) is 18.3. The van der Waals surface area contributed by atoms with E-state index in [0.29, 0.717) is 5.69 Å². The number of halogens is 6. The van der Waals surface area contributed by atoms with Crippen LogP contribution < -0.4 is 11.1 Å². The summed E-state index contributed by atoms with van der Waals surface area (Å²) in [6.45, 7) is 0. The highest BCUT2D eigenvalue weighted by Crippen LogP contribution is 2.44. The summed E-state index contributed by atoms with van der Waals surface area (Å²) in [4.78, 5) is 3.36. The number of aromatic amines is 1. The van der Waals surface area contributed by atoms with Crippen LogP contribution in [0.2, 0.25) is 0 Å². The lowest BCUT2D eigenvalue weighted by molar-refractivity contribution is 1.40. The van der Waals surface area contributed by atoms with Crippen LogP contribution >= 0.6 is 95.6 Å². The molecule has 4 N–H and O–H groups in total. The fourth-order valence-electron chi connectivity index (χ4n) is 2.10. The molecule has 0 saturated heterocycles. The fraction of sp³-hybridized carbons (Fsp3) is 0. The molecule has 1 aromatic heterocycles. The fourth-order valence-corrected chi connectivity index (χ4v) is 5.17. The Bertz CT molecular complexity index is 889. The molecular formula is C14H7Br6N3. The Hall–Kier alpha value is 0.460. The number of nitrogens with one attached hydrogen (secondary N) is 2. The number of rotatable bonds is 2. The molecule has 9 heteroatoms. The summed E-state index contributed by atoms with van der Waals surface area (Å²) in [6.07, 6.45) is 0. The molecular weight excluding hydrogens is 690 g/mol. The van der Waals surface area contributed by atoms with Crippen molar-refractivity contribution >= 4 is 124 Å². The van der Waals surface area contributed by atoms with Crippen molar-refractivity contribution in [3.05, 3.63) is 45.0 Å². The van der Waals surface area contributed by atoms with Crippen LogP contribution in [0.25, 0.3) is 10.9 Å². The number of nitrogen functional groups attached to an aromatic ring is 1. The maximum Gasteiger partial charge on any atom is 0.108 e. The van der Waals surface area contributed by atoms with E-state index in [4.69, 9.17) is 5.73 Å². The average molecular weight is 697 g/mol. The van der Waals surface area contributed by atoms with E-state index < -0.39 is 0 Å². The lowest BCUT2D eigenvalue weighted by Gasteiger charge is -2.09. The standard InChI is InChI=1S/C14H7Br6N3/c15-5-2-7(21)8(3-6(5)16)22-9-1-4-10(17)11(18)12(19)13(20)14(4)23-9/h1-3,22-23H,21H2. The Morgan fingerprint density at radius 1 is 0.783 bits per heavy atom. The Morgan fingerprint density at radius 2 is 1.39 bits per heavy atom. The maximum absolute atomic E-state index is 6.08. The van der Waals surface area contributed by atoms with E-state index in [9.17, 15) is 0 Å². The molecule has 2 aromatic carbocycles. The Morgan fingerprint density at radius 3 is 2.09 bits per heavy atom. The van der Waals surface area contributed by atoms with Gasteiger partial charge in [-0.2, -0.15) is 0 Å². The van der Waals surface area contributed by atoms with Crippen LogP contribution in [0.5, 0.6) is 0 Å². The van der Waals surface area contributed by atoms with Crippen molar-refractivity contribution in [2.24, 2.45) is 0 Å². The number of aromatic nitrogens is 1. The average Bonchev–Trinajstić information content (AvgIpc) is 2.92. The molecule has 0 atom stereocenters. The summed E-state index contributed by atoms with van der Waals surface area (Å²) >= 11 is 21.3. The molecule has 3 rings (SSSR count). The van der Waals surface area contributed by atoms with Crippen molar-refractivity contribution in [2.45, 2.75) is 0 Å². The molecule has 0 aliphatic carbocycles. The van der Waals surface area contributed by atoms with Gasteiger partial charge in [0.05, 0.1) is 21.4 Å². The van der Waals surface area contributed by atoms with E-state index in [1.807, 2.05) is 18.2 Å². The summed E-state index contributed by atoms with van der Waals surface area (Å²) < 4.78 is 5.65. The lowest BCUT2D eigenvalue weighted by Crippen LogP contribution is -1.96. The molecule has 0 amide bonds. The van der Waals surface area contributed by atoms with Gasteiger partial charge in [-0.3, -0.25) is 0 Å². The lowest BCUT2D eigenvalue weighted by atomic mass is 10.2. The third-order valence-electron chi connectivity index (χ3n) is 3.21. The molecule has 3 aromatic rings. The van der Waals surface area contributed by atoms with Crippen molar-refractivity contribution in [3.8, 4) is 0 Å². The number of nitrogens with two attached hydrogens (primary N) is 1. The molecule has 0 radical (unpaired) electrons. The molecule has 23 heavy (non-hydrogen) atoms. The van der Waals surface area contributed by atoms with Crippen molar-refractivity contribution in [1.29, 1.82) is 0 Å². The van der Waals surface area contributed by atoms with Crippen LogP contribution in [0.3, 0.4) is 0 Å². The van der Waals surface area contributed by atoms with Crippen LogP contribution in [0.1, 0.15) is 0 Å². The van der Waals surface area contributed by atoms with Gasteiger partial charge < -0.3 is 16.0 Å². The predicted molar refractivity (Wildman–Crippen MR) is 119 cm³/mol. The van der Waals surface area contributed by atoms with E-state index in [1.54, 1.807) is 0 Å². The second-order valence-corrected chi connectivity index (χ2v) is 9.59. The van der Waals surface area contributed by atoms with Gasteiger partial charge in [0.2, 0.25) is 0 Å². The Labute approximate surface area is 182 Å². The van der Waals surface area contributed by atoms with Crippen LogP contribution in [0.4, 0.5) is 17.2 Å². The molecule has 0 saturated carbocycles. The highest BCUT2D eigenvalue weighted by Gasteiger charge is 2.16. The zero-order valence-electron chi connectivity index (χ0n) is 11.1. The van der Waals surface area contributed by atoms with Gasteiger partial charge in [-0.15, -0.1) is 0 Å². The summed E-state index contributed by atoms with van der Waals surface area (Å²) in [5.74, 6) is 0.840. The van der Waals surface area contributed by atoms with Gasteiger partial charge in [0.1, 0.15) is 5.82 Å². The van der Waals surface area contributed by atoms with E-state index in [0.717, 1.165) is 49.2 Å². The van der Waals surface area contributed by atoms with Gasteiger partial charge in [0.25, 0.3) is 0 Å². The molecule has 3 nitrogen and oxygen atoms in total. The number of fused-ring (bicyclic) bond motifs is 1. The molecule has 0 fully saturated rings. The summed E-state index contributed by atoms with van der Waals surface area (Å²) in [5, 5.41) is 4.36. The third-order valence-corrected chi connectivity index (χ3v) is 9.86. The first-order chi connectivity index (χ1) is 10.8. The smallest absolute Gasteiger partial charge is 0.108 e. The number of benzene rings is 2. The minimum Gasteiger partial charge on any atom is -0.397 e. The summed E-state index contributed by atoms with van der Waals surface area (Å²) in [5.41, 5.74) is 8.52. The monoisotopic (exact) mass is 691 g/mol. The molecule has 0 aliphatic heterocycles. The molecule has 0 aliphatic rings. The predicted octanol–water partition coefficient (Wildman–Crippen LogP) is 8.07. The van der Waals surface area contributed by atoms with Crippen LogP contribution in [-0.2, 0) is 0 Å². The zero-order valence-corrected chi connectivity index (χ0v) is 20.6. The molecule has 0 spiro atoms. The number of hydrogen-bond acceptors (Lipinski definition) is 2. The van der Waals surface area contributed by atoms with E-state index in [2.05, 4.69) is 106 Å². The zero-order chi connectivity index (χ0) is 16.9. The van der Waals surface area contributed by atoms with Crippen molar-refractivity contribution in [3.63, 3.8) is 0 Å². The molecule has 0 bridgehead atoms. The maximum atomic E-state index is 6.08. The van der Waals surface area contributed by atoms with Crippen LogP contribution in [0.15, 0.2) is 45.0 Å². The quantitative estimate of drug-likeness (QED) is 0.144. The molecule has 0 unspecified atom stereocenters. The van der Waals surface area contributed by atoms with E-state index >= 15 is 0 Å². The molecule has 1 heterocycles. The van der Waals surface area contributed by atoms with E-state index in [-0.39, 0.29) is 0 Å². The first-order valence-corrected chi connectivity index (χ1v) is 10.9. The minimum absolute atomic E-state index is 0.652. The largest absolute Gasteiger partial charge is 0.397 e. The Kier molecular flexibility index (Phi) is 5.55. The highest BCUT2D eigenvalue weighted by molar-refractivity contribution is 9.15. The van der Waals surface area contributed by atoms with Gasteiger partial charge in [-0.1, -0.05) is 0 Å². The SMILES string of the molecule is Nc1cc(Br)c(Br)cc1Nc1cc2c(Br)c(Br)c(Br)c(Br)c2[nH]1. The third kappa shape index (κ3) is 3.42. The van der Waals surface area contributed by atoms with Gasteiger partial charge >= 0.3 is 0 Å². The van der Waals surface area contributed by atoms with Crippen molar-refractivity contribution in [2.75, 3.05) is 11.1 Å².